The van der Waals surface area contributed by atoms with Crippen molar-refractivity contribution in [1.29, 1.82) is 0 Å². The van der Waals surface area contributed by atoms with E-state index >= 15 is 0 Å². The molecule has 120 valence electrons. The van der Waals surface area contributed by atoms with Crippen molar-refractivity contribution < 1.29 is 19.4 Å². The largest absolute Gasteiger partial charge is 0.443 e. The Morgan fingerprint density at radius 1 is 1.36 bits per heavy atom. The molecule has 1 fully saturated rings. The summed E-state index contributed by atoms with van der Waals surface area (Å²) in [5.74, 6) is -0.601. The molecule has 1 heterocycles. The summed E-state index contributed by atoms with van der Waals surface area (Å²) < 4.78 is 5.26. The van der Waals surface area contributed by atoms with E-state index in [0.717, 1.165) is 10.5 Å². The third-order valence-electron chi connectivity index (χ3n) is 3.53. The van der Waals surface area contributed by atoms with E-state index in [0.29, 0.717) is 5.02 Å². The monoisotopic (exact) mass is 325 g/mol. The van der Waals surface area contributed by atoms with E-state index in [1.807, 2.05) is 12.1 Å². The first-order valence-corrected chi connectivity index (χ1v) is 7.52. The fourth-order valence-corrected chi connectivity index (χ4v) is 2.72. The number of nitrogens with zero attached hydrogens (tertiary/aromatic N) is 1. The lowest BCUT2D eigenvalue weighted by molar-refractivity contribution is -0.128. The Hall–Kier alpha value is -1.59. The van der Waals surface area contributed by atoms with Gasteiger partial charge in [-0.05, 0) is 38.5 Å². The maximum atomic E-state index is 12.2. The molecule has 1 aliphatic heterocycles. The highest BCUT2D eigenvalue weighted by atomic mass is 35.5. The molecule has 0 unspecified atom stereocenters. The summed E-state index contributed by atoms with van der Waals surface area (Å²) in [6, 6.07) is 6.45. The third-order valence-corrected chi connectivity index (χ3v) is 3.79. The Morgan fingerprint density at radius 2 is 1.95 bits per heavy atom. The normalized spacial score (nSPS) is 22.0. The van der Waals surface area contributed by atoms with Crippen LogP contribution in [0.2, 0.25) is 5.02 Å². The molecule has 1 aromatic rings. The number of rotatable bonds is 2. The number of hydrogen-bond acceptors (Lipinski definition) is 4. The van der Waals surface area contributed by atoms with Crippen LogP contribution in [0.5, 0.6) is 0 Å². The first kappa shape index (κ1) is 16.8. The zero-order valence-electron chi connectivity index (χ0n) is 12.9. The van der Waals surface area contributed by atoms with Gasteiger partial charge in [-0.25, -0.2) is 9.69 Å². The lowest BCUT2D eigenvalue weighted by Gasteiger charge is -2.28. The molecular weight excluding hydrogens is 306 g/mol. The number of aliphatic hydroxyl groups excluding tert-OH is 1. The van der Waals surface area contributed by atoms with Crippen molar-refractivity contribution in [2.24, 2.45) is 0 Å². The molecule has 22 heavy (non-hydrogen) atoms. The zero-order valence-corrected chi connectivity index (χ0v) is 13.6. The summed E-state index contributed by atoms with van der Waals surface area (Å²) >= 11 is 5.87. The highest BCUT2D eigenvalue weighted by molar-refractivity contribution is 6.30. The van der Waals surface area contributed by atoms with Crippen LogP contribution < -0.4 is 0 Å². The summed E-state index contributed by atoms with van der Waals surface area (Å²) in [7, 11) is 0. The highest BCUT2D eigenvalue weighted by Gasteiger charge is 2.45. The van der Waals surface area contributed by atoms with E-state index in [1.54, 1.807) is 32.9 Å². The van der Waals surface area contributed by atoms with Crippen molar-refractivity contribution in [3.05, 3.63) is 34.9 Å². The summed E-state index contributed by atoms with van der Waals surface area (Å²) in [4.78, 5) is 25.5. The average Bonchev–Trinajstić information content (AvgIpc) is 2.74. The van der Waals surface area contributed by atoms with Gasteiger partial charge in [0.2, 0.25) is 5.91 Å². The number of aliphatic hydroxyl groups is 1. The quantitative estimate of drug-likeness (QED) is 0.907. The maximum absolute atomic E-state index is 12.2. The van der Waals surface area contributed by atoms with E-state index in [4.69, 9.17) is 16.3 Å². The predicted molar refractivity (Wildman–Crippen MR) is 82.8 cm³/mol. The number of benzene rings is 1. The molecule has 0 spiro atoms. The molecule has 0 aliphatic carbocycles. The van der Waals surface area contributed by atoms with Crippen molar-refractivity contribution in [2.45, 2.75) is 44.8 Å². The van der Waals surface area contributed by atoms with E-state index < -0.39 is 17.7 Å². The van der Waals surface area contributed by atoms with E-state index in [2.05, 4.69) is 0 Å². The molecule has 0 aromatic heterocycles. The number of amides is 2. The molecule has 2 amide bonds. The lowest BCUT2D eigenvalue weighted by atomic mass is 9.92. The van der Waals surface area contributed by atoms with Gasteiger partial charge in [-0.2, -0.15) is 0 Å². The minimum absolute atomic E-state index is 0.159. The summed E-state index contributed by atoms with van der Waals surface area (Å²) in [5.41, 5.74) is 0.165. The lowest BCUT2D eigenvalue weighted by Crippen LogP contribution is -2.44. The number of carbonyl (C=O) groups excluding carboxylic acids is 2. The van der Waals surface area contributed by atoms with Gasteiger partial charge in [-0.1, -0.05) is 23.7 Å². The number of halogens is 1. The molecular formula is C16H20ClNO4. The first-order chi connectivity index (χ1) is 10.2. The standard InChI is InChI=1S/C16H20ClNO4/c1-16(2,3)22-15(21)18-13(9-19)12(8-14(18)20)10-4-6-11(17)7-5-10/h4-7,12-13,19H,8-9H2,1-3H3/t12-,13-/m1/s1. The van der Waals surface area contributed by atoms with Crippen molar-refractivity contribution in [1.82, 2.24) is 4.90 Å². The van der Waals surface area contributed by atoms with Crippen molar-refractivity contribution in [3.63, 3.8) is 0 Å². The van der Waals surface area contributed by atoms with Gasteiger partial charge >= 0.3 is 6.09 Å². The minimum Gasteiger partial charge on any atom is -0.443 e. The van der Waals surface area contributed by atoms with Gasteiger partial charge in [0.25, 0.3) is 0 Å². The Balaban J connectivity index is 2.24. The molecule has 6 heteroatoms. The van der Waals surface area contributed by atoms with Crippen molar-refractivity contribution in [3.8, 4) is 0 Å². The van der Waals surface area contributed by atoms with Crippen LogP contribution in [0.1, 0.15) is 38.7 Å². The Kier molecular flexibility index (Phi) is 4.78. The topological polar surface area (TPSA) is 66.8 Å². The number of hydrogen-bond donors (Lipinski definition) is 1. The van der Waals surface area contributed by atoms with Crippen molar-refractivity contribution in [2.75, 3.05) is 6.61 Å². The van der Waals surface area contributed by atoms with Crippen LogP contribution in [0.4, 0.5) is 4.79 Å². The molecule has 2 rings (SSSR count). The van der Waals surface area contributed by atoms with E-state index in [1.165, 1.54) is 0 Å². The van der Waals surface area contributed by atoms with Crippen LogP contribution in [0.3, 0.4) is 0 Å². The molecule has 0 bridgehead atoms. The average molecular weight is 326 g/mol. The smallest absolute Gasteiger partial charge is 0.417 e. The highest BCUT2D eigenvalue weighted by Crippen LogP contribution is 2.35. The van der Waals surface area contributed by atoms with Gasteiger partial charge in [-0.3, -0.25) is 4.79 Å². The molecule has 2 atom stereocenters. The van der Waals surface area contributed by atoms with Gasteiger partial charge in [-0.15, -0.1) is 0 Å². The van der Waals surface area contributed by atoms with Crippen LogP contribution in [-0.2, 0) is 9.53 Å². The maximum Gasteiger partial charge on any atom is 0.417 e. The summed E-state index contributed by atoms with van der Waals surface area (Å²) in [6.45, 7) is 4.89. The van der Waals surface area contributed by atoms with Gasteiger partial charge in [0.1, 0.15) is 5.60 Å². The molecule has 0 saturated carbocycles. The SMILES string of the molecule is CC(C)(C)OC(=O)N1C(=O)C[C@H](c2ccc(Cl)cc2)[C@H]1CO. The second-order valence-corrected chi connectivity index (χ2v) is 6.79. The van der Waals surface area contributed by atoms with Crippen LogP contribution in [-0.4, -0.2) is 40.3 Å². The fourth-order valence-electron chi connectivity index (χ4n) is 2.59. The minimum atomic E-state index is -0.715. The molecule has 1 aliphatic rings. The van der Waals surface area contributed by atoms with E-state index in [9.17, 15) is 14.7 Å². The predicted octanol–water partition coefficient (Wildman–Crippen LogP) is 2.95. The molecule has 5 nitrogen and oxygen atoms in total. The van der Waals surface area contributed by atoms with Crippen LogP contribution in [0.15, 0.2) is 24.3 Å². The second kappa shape index (κ2) is 6.26. The number of carbonyl (C=O) groups is 2. The Bertz CT molecular complexity index is 565. The Morgan fingerprint density at radius 3 is 2.45 bits per heavy atom. The molecule has 0 radical (unpaired) electrons. The first-order valence-electron chi connectivity index (χ1n) is 7.14. The molecule has 1 N–H and O–H groups in total. The number of ether oxygens (including phenoxy) is 1. The molecule has 1 aromatic carbocycles. The van der Waals surface area contributed by atoms with Crippen LogP contribution in [0, 0.1) is 0 Å². The van der Waals surface area contributed by atoms with Gasteiger partial charge in [0.05, 0.1) is 12.6 Å². The van der Waals surface area contributed by atoms with Crippen molar-refractivity contribution >= 4 is 23.6 Å². The third kappa shape index (κ3) is 3.59. The number of imide groups is 1. The van der Waals surface area contributed by atoms with Crippen LogP contribution >= 0.6 is 11.6 Å². The van der Waals surface area contributed by atoms with Gasteiger partial charge < -0.3 is 9.84 Å². The summed E-state index contributed by atoms with van der Waals surface area (Å²) in [6.07, 6.45) is -0.556. The summed E-state index contributed by atoms with van der Waals surface area (Å²) in [5, 5.41) is 10.3. The van der Waals surface area contributed by atoms with Gasteiger partial charge in [0, 0.05) is 17.4 Å². The fraction of sp³-hybridized carbons (Fsp3) is 0.500. The molecule has 1 saturated heterocycles. The van der Waals surface area contributed by atoms with Gasteiger partial charge in [0.15, 0.2) is 0 Å². The van der Waals surface area contributed by atoms with Crippen LogP contribution in [0.25, 0.3) is 0 Å². The second-order valence-electron chi connectivity index (χ2n) is 6.36. The zero-order chi connectivity index (χ0) is 16.5. The Labute approximate surface area is 134 Å². The van der Waals surface area contributed by atoms with E-state index in [-0.39, 0.29) is 24.9 Å². The number of likely N-dealkylation sites (tertiary alicyclic amines) is 1.